The summed E-state index contributed by atoms with van der Waals surface area (Å²) in [6.07, 6.45) is 2.41. The van der Waals surface area contributed by atoms with Gasteiger partial charge >= 0.3 is 0 Å². The van der Waals surface area contributed by atoms with Crippen molar-refractivity contribution in [3.63, 3.8) is 0 Å². The molecule has 0 fully saturated rings. The van der Waals surface area contributed by atoms with E-state index in [1.807, 2.05) is 18.2 Å². The van der Waals surface area contributed by atoms with Gasteiger partial charge in [0.05, 0.1) is 11.5 Å². The Balaban J connectivity index is 1.57. The molecule has 0 aliphatic carbocycles. The lowest BCUT2D eigenvalue weighted by atomic mass is 10.1. The van der Waals surface area contributed by atoms with Crippen LogP contribution < -0.4 is 9.46 Å². The van der Waals surface area contributed by atoms with Gasteiger partial charge in [-0.3, -0.25) is 0 Å². The maximum absolute atomic E-state index is 12.3. The number of rotatable bonds is 6. The van der Waals surface area contributed by atoms with Crippen LogP contribution in [0.4, 0.5) is 0 Å². The summed E-state index contributed by atoms with van der Waals surface area (Å²) >= 11 is 0. The summed E-state index contributed by atoms with van der Waals surface area (Å²) in [5, 5.41) is 0. The topological polar surface area (TPSA) is 55.4 Å². The maximum atomic E-state index is 12.3. The van der Waals surface area contributed by atoms with Gasteiger partial charge in [-0.05, 0) is 42.2 Å². The summed E-state index contributed by atoms with van der Waals surface area (Å²) in [5.74, 6) is 0.794. The van der Waals surface area contributed by atoms with Gasteiger partial charge in [0.1, 0.15) is 5.75 Å². The molecule has 0 unspecified atom stereocenters. The Kier molecular flexibility index (Phi) is 4.45. The normalized spacial score (nSPS) is 13.6. The highest BCUT2D eigenvalue weighted by atomic mass is 32.2. The Morgan fingerprint density at radius 3 is 2.73 bits per heavy atom. The van der Waals surface area contributed by atoms with Gasteiger partial charge in [-0.15, -0.1) is 0 Å². The van der Waals surface area contributed by atoms with E-state index in [9.17, 15) is 8.42 Å². The highest BCUT2D eigenvalue weighted by Gasteiger charge is 2.18. The van der Waals surface area contributed by atoms with Crippen LogP contribution in [-0.4, -0.2) is 21.6 Å². The highest BCUT2D eigenvalue weighted by Crippen LogP contribution is 2.27. The molecule has 0 aromatic heterocycles. The van der Waals surface area contributed by atoms with E-state index in [4.69, 9.17) is 4.74 Å². The quantitative estimate of drug-likeness (QED) is 0.833. The summed E-state index contributed by atoms with van der Waals surface area (Å²) in [7, 11) is -3.44. The van der Waals surface area contributed by atoms with Crippen LogP contribution >= 0.6 is 0 Å². The van der Waals surface area contributed by atoms with Crippen molar-refractivity contribution >= 4 is 10.0 Å². The minimum absolute atomic E-state index is 0.316. The third kappa shape index (κ3) is 3.48. The fraction of sp³-hybridized carbons (Fsp3) is 0.294. The molecule has 1 N–H and O–H groups in total. The second-order valence-corrected chi connectivity index (χ2v) is 7.12. The predicted molar refractivity (Wildman–Crippen MR) is 85.6 cm³/mol. The lowest BCUT2D eigenvalue weighted by Gasteiger charge is -2.08. The molecular formula is C17H19NO3S. The Labute approximate surface area is 131 Å². The number of ether oxygens (including phenoxy) is 1. The molecular weight excluding hydrogens is 298 g/mol. The second-order valence-electron chi connectivity index (χ2n) is 5.35. The molecule has 3 rings (SSSR count). The van der Waals surface area contributed by atoms with E-state index in [1.54, 1.807) is 18.2 Å². The smallest absolute Gasteiger partial charge is 0.240 e. The molecule has 22 heavy (non-hydrogen) atoms. The van der Waals surface area contributed by atoms with Crippen molar-refractivity contribution in [3.05, 3.63) is 59.7 Å². The summed E-state index contributed by atoms with van der Waals surface area (Å²) in [4.78, 5) is 0.316. The number of fused-ring (bicyclic) bond motifs is 1. The van der Waals surface area contributed by atoms with Crippen LogP contribution in [0.15, 0.2) is 53.4 Å². The van der Waals surface area contributed by atoms with E-state index in [0.29, 0.717) is 18.0 Å². The second kappa shape index (κ2) is 6.50. The zero-order valence-electron chi connectivity index (χ0n) is 12.3. The van der Waals surface area contributed by atoms with Gasteiger partial charge in [0.2, 0.25) is 10.0 Å². The van der Waals surface area contributed by atoms with E-state index in [2.05, 4.69) is 16.9 Å². The first-order chi connectivity index (χ1) is 10.6. The predicted octanol–water partition coefficient (Wildman–Crippen LogP) is 2.53. The largest absolute Gasteiger partial charge is 0.493 e. The molecule has 1 aliphatic heterocycles. The molecule has 0 bridgehead atoms. The van der Waals surface area contributed by atoms with Crippen molar-refractivity contribution in [1.29, 1.82) is 0 Å². The number of hydrogen-bond donors (Lipinski definition) is 1. The SMILES string of the molecule is O=S(=O)(NCCCc1ccccc1)c1ccc2c(c1)CCO2. The number of hydrogen-bond acceptors (Lipinski definition) is 3. The lowest BCUT2D eigenvalue weighted by Crippen LogP contribution is -2.25. The molecule has 1 aliphatic rings. The fourth-order valence-electron chi connectivity index (χ4n) is 2.56. The van der Waals surface area contributed by atoms with Gasteiger partial charge in [0.15, 0.2) is 0 Å². The minimum Gasteiger partial charge on any atom is -0.493 e. The van der Waals surface area contributed by atoms with Gasteiger partial charge in [-0.25, -0.2) is 13.1 Å². The van der Waals surface area contributed by atoms with Crippen LogP contribution in [0.2, 0.25) is 0 Å². The van der Waals surface area contributed by atoms with Crippen LogP contribution in [0.5, 0.6) is 5.75 Å². The summed E-state index contributed by atoms with van der Waals surface area (Å²) < 4.78 is 32.6. The summed E-state index contributed by atoms with van der Waals surface area (Å²) in [5.41, 5.74) is 2.18. The molecule has 0 atom stereocenters. The first-order valence-electron chi connectivity index (χ1n) is 7.44. The van der Waals surface area contributed by atoms with Gasteiger partial charge < -0.3 is 4.74 Å². The van der Waals surface area contributed by atoms with Crippen LogP contribution in [0, 0.1) is 0 Å². The molecule has 116 valence electrons. The van der Waals surface area contributed by atoms with Crippen molar-refractivity contribution < 1.29 is 13.2 Å². The van der Waals surface area contributed by atoms with E-state index in [0.717, 1.165) is 30.6 Å². The van der Waals surface area contributed by atoms with E-state index >= 15 is 0 Å². The molecule has 0 radical (unpaired) electrons. The van der Waals surface area contributed by atoms with Gasteiger partial charge in [0, 0.05) is 13.0 Å². The molecule has 1 heterocycles. The molecule has 4 nitrogen and oxygen atoms in total. The average Bonchev–Trinajstić information content (AvgIpc) is 3.00. The van der Waals surface area contributed by atoms with E-state index < -0.39 is 10.0 Å². The molecule has 0 amide bonds. The van der Waals surface area contributed by atoms with Crippen LogP contribution in [0.1, 0.15) is 17.5 Å². The first kappa shape index (κ1) is 15.1. The monoisotopic (exact) mass is 317 g/mol. The number of nitrogens with one attached hydrogen (secondary N) is 1. The third-order valence-electron chi connectivity index (χ3n) is 3.75. The van der Waals surface area contributed by atoms with Crippen LogP contribution in [0.25, 0.3) is 0 Å². The Morgan fingerprint density at radius 2 is 1.91 bits per heavy atom. The molecule has 0 saturated carbocycles. The molecule has 0 spiro atoms. The van der Waals surface area contributed by atoms with Crippen LogP contribution in [-0.2, 0) is 22.9 Å². The van der Waals surface area contributed by atoms with Crippen molar-refractivity contribution in [3.8, 4) is 5.75 Å². The third-order valence-corrected chi connectivity index (χ3v) is 5.21. The number of aryl methyl sites for hydroxylation is 1. The Hall–Kier alpha value is -1.85. The summed E-state index contributed by atoms with van der Waals surface area (Å²) in [6.45, 7) is 1.06. The Bertz CT molecular complexity index is 742. The zero-order chi connectivity index (χ0) is 15.4. The zero-order valence-corrected chi connectivity index (χ0v) is 13.1. The van der Waals surface area contributed by atoms with Crippen molar-refractivity contribution in [2.45, 2.75) is 24.2 Å². The average molecular weight is 317 g/mol. The van der Waals surface area contributed by atoms with E-state index in [-0.39, 0.29) is 0 Å². The van der Waals surface area contributed by atoms with Crippen LogP contribution in [0.3, 0.4) is 0 Å². The standard InChI is InChI=1S/C17H19NO3S/c19-22(20,16-8-9-17-15(13-16)10-12-21-17)18-11-4-7-14-5-2-1-3-6-14/h1-3,5-6,8-9,13,18H,4,7,10-12H2. The van der Waals surface area contributed by atoms with Crippen molar-refractivity contribution in [2.75, 3.05) is 13.2 Å². The molecule has 2 aromatic rings. The minimum atomic E-state index is -3.44. The van der Waals surface area contributed by atoms with Crippen molar-refractivity contribution in [2.24, 2.45) is 0 Å². The Morgan fingerprint density at radius 1 is 1.09 bits per heavy atom. The van der Waals surface area contributed by atoms with Gasteiger partial charge in [-0.1, -0.05) is 30.3 Å². The highest BCUT2D eigenvalue weighted by molar-refractivity contribution is 7.89. The lowest BCUT2D eigenvalue weighted by molar-refractivity contribution is 0.356. The number of sulfonamides is 1. The molecule has 5 heteroatoms. The summed E-state index contributed by atoms with van der Waals surface area (Å²) in [6, 6.07) is 15.1. The van der Waals surface area contributed by atoms with Gasteiger partial charge in [0.25, 0.3) is 0 Å². The fourth-order valence-corrected chi connectivity index (χ4v) is 3.68. The van der Waals surface area contributed by atoms with E-state index in [1.165, 1.54) is 5.56 Å². The first-order valence-corrected chi connectivity index (χ1v) is 8.93. The number of benzene rings is 2. The van der Waals surface area contributed by atoms with Crippen molar-refractivity contribution in [1.82, 2.24) is 4.72 Å². The molecule has 2 aromatic carbocycles. The maximum Gasteiger partial charge on any atom is 0.240 e. The van der Waals surface area contributed by atoms with Gasteiger partial charge in [-0.2, -0.15) is 0 Å². The molecule has 0 saturated heterocycles.